The van der Waals surface area contributed by atoms with Crippen LogP contribution in [0.4, 0.5) is 11.6 Å². The van der Waals surface area contributed by atoms with Gasteiger partial charge in [-0.05, 0) is 86.7 Å². The fourth-order valence-corrected chi connectivity index (χ4v) is 4.43. The van der Waals surface area contributed by atoms with Crippen molar-refractivity contribution in [3.8, 4) is 22.5 Å². The number of nitrogens with zero attached hydrogens (tertiary/aromatic N) is 4. The normalized spacial score (nSPS) is 14.1. The van der Waals surface area contributed by atoms with Crippen LogP contribution in [0.25, 0.3) is 22.5 Å². The molecule has 5 rings (SSSR count). The van der Waals surface area contributed by atoms with Crippen LogP contribution in [-0.2, 0) is 0 Å². The molecule has 1 atom stereocenters. The third-order valence-electron chi connectivity index (χ3n) is 6.33. The van der Waals surface area contributed by atoms with Gasteiger partial charge in [0, 0.05) is 34.3 Å². The number of aromatic nitrogens is 4. The highest BCUT2D eigenvalue weighted by molar-refractivity contribution is 6.07. The number of aryl methyl sites for hydroxylation is 4. The van der Waals surface area contributed by atoms with E-state index in [0.29, 0.717) is 17.3 Å². The van der Waals surface area contributed by atoms with Gasteiger partial charge in [0.2, 0.25) is 5.95 Å². The van der Waals surface area contributed by atoms with Gasteiger partial charge in [-0.25, -0.2) is 0 Å². The first kappa shape index (κ1) is 25.2. The van der Waals surface area contributed by atoms with E-state index in [2.05, 4.69) is 50.8 Å². The number of fused-ring (bicyclic) bond motifs is 1. The number of hydrogen-bond donors (Lipinski definition) is 2. The number of hydrogen-bond acceptors (Lipinski definition) is 5. The van der Waals surface area contributed by atoms with Crippen LogP contribution in [0.5, 0.6) is 0 Å². The molecule has 1 aliphatic rings. The molecule has 7 nitrogen and oxygen atoms in total. The number of benzene rings is 2. The standard InChI is InChI=1S/C26H25BN6O.C2H6/c1-13-8-20(16(4)28-12-13)19-7-6-18(9-14(19)2)24-31-26(33(27)32-24)30-23-11-21-17(5)29-25(34)22(21)10-15(23)3;1-2/h6-12,17H,1-5H3,(H,29,34)(H,30,31,32);1-2H3. The first-order chi connectivity index (χ1) is 17.2. The van der Waals surface area contributed by atoms with Crippen molar-refractivity contribution in [2.75, 3.05) is 5.32 Å². The Morgan fingerprint density at radius 3 is 2.44 bits per heavy atom. The largest absolute Gasteiger partial charge is 0.345 e. The predicted molar refractivity (Wildman–Crippen MR) is 146 cm³/mol. The van der Waals surface area contributed by atoms with Crippen LogP contribution in [0.15, 0.2) is 42.6 Å². The summed E-state index contributed by atoms with van der Waals surface area (Å²) in [6, 6.07) is 12.1. The summed E-state index contributed by atoms with van der Waals surface area (Å²) in [5.74, 6) is 0.906. The van der Waals surface area contributed by atoms with E-state index in [1.54, 1.807) is 0 Å². The van der Waals surface area contributed by atoms with E-state index in [1.807, 2.05) is 65.9 Å². The Bertz CT molecular complexity index is 1460. The molecule has 2 N–H and O–H groups in total. The molecule has 0 saturated heterocycles. The highest BCUT2D eigenvalue weighted by atomic mass is 16.2. The summed E-state index contributed by atoms with van der Waals surface area (Å²) >= 11 is 0. The van der Waals surface area contributed by atoms with Crippen molar-refractivity contribution in [2.24, 2.45) is 0 Å². The molecule has 2 aromatic heterocycles. The number of rotatable bonds is 4. The second kappa shape index (κ2) is 9.97. The fourth-order valence-electron chi connectivity index (χ4n) is 4.43. The van der Waals surface area contributed by atoms with Crippen LogP contribution in [0, 0.1) is 27.7 Å². The highest BCUT2D eigenvalue weighted by Gasteiger charge is 2.26. The summed E-state index contributed by atoms with van der Waals surface area (Å²) in [5, 5.41) is 10.6. The summed E-state index contributed by atoms with van der Waals surface area (Å²) < 4.78 is 1.24. The Hall–Kier alpha value is -3.94. The molecule has 0 saturated carbocycles. The zero-order valence-corrected chi connectivity index (χ0v) is 21.9. The summed E-state index contributed by atoms with van der Waals surface area (Å²) in [7, 11) is 6.14. The topological polar surface area (TPSA) is 84.7 Å². The maximum absolute atomic E-state index is 12.1. The van der Waals surface area contributed by atoms with Gasteiger partial charge >= 0.3 is 0 Å². The van der Waals surface area contributed by atoms with Crippen molar-refractivity contribution in [3.63, 3.8) is 0 Å². The molecule has 2 aromatic carbocycles. The van der Waals surface area contributed by atoms with E-state index >= 15 is 0 Å². The molecule has 1 amide bonds. The van der Waals surface area contributed by atoms with Gasteiger partial charge in [-0.3, -0.25) is 14.4 Å². The first-order valence-corrected chi connectivity index (χ1v) is 12.2. The van der Waals surface area contributed by atoms with E-state index in [4.69, 9.17) is 7.98 Å². The van der Waals surface area contributed by atoms with Crippen LogP contribution in [0.3, 0.4) is 0 Å². The van der Waals surface area contributed by atoms with Gasteiger partial charge < -0.3 is 10.6 Å². The fraction of sp³-hybridized carbons (Fsp3) is 0.286. The minimum atomic E-state index is -0.0446. The average Bonchev–Trinajstić information content (AvgIpc) is 3.35. The molecule has 3 heterocycles. The Morgan fingerprint density at radius 2 is 1.72 bits per heavy atom. The van der Waals surface area contributed by atoms with E-state index in [0.717, 1.165) is 50.3 Å². The SMILES string of the molecule is CC.[B]n1nc(-c2ccc(-c3cc(C)cnc3C)c(C)c2)nc1Nc1cc2c(cc1C)C(=O)NC2C. The number of anilines is 2. The summed E-state index contributed by atoms with van der Waals surface area (Å²) in [6.07, 6.45) is 1.88. The number of amides is 1. The van der Waals surface area contributed by atoms with Gasteiger partial charge in [-0.15, -0.1) is 0 Å². The third kappa shape index (κ3) is 4.63. The molecular formula is C28H31BN6O. The van der Waals surface area contributed by atoms with E-state index in [9.17, 15) is 4.79 Å². The Labute approximate surface area is 213 Å². The summed E-state index contributed by atoms with van der Waals surface area (Å²) in [5.41, 5.74) is 9.78. The molecule has 1 unspecified atom stereocenters. The van der Waals surface area contributed by atoms with Crippen molar-refractivity contribution in [1.82, 2.24) is 25.0 Å². The van der Waals surface area contributed by atoms with Gasteiger partial charge in [-0.1, -0.05) is 26.0 Å². The van der Waals surface area contributed by atoms with Gasteiger partial charge in [0.05, 0.1) is 6.04 Å². The van der Waals surface area contributed by atoms with Crippen LogP contribution in [0.1, 0.15) is 65.1 Å². The van der Waals surface area contributed by atoms with Crippen molar-refractivity contribution in [2.45, 2.75) is 54.5 Å². The maximum Gasteiger partial charge on any atom is 0.269 e. The van der Waals surface area contributed by atoms with Gasteiger partial charge in [0.25, 0.3) is 13.9 Å². The van der Waals surface area contributed by atoms with Crippen LogP contribution >= 0.6 is 0 Å². The van der Waals surface area contributed by atoms with Crippen molar-refractivity contribution < 1.29 is 4.79 Å². The predicted octanol–water partition coefficient (Wildman–Crippen LogP) is 5.75. The summed E-state index contributed by atoms with van der Waals surface area (Å²) in [4.78, 5) is 21.2. The Balaban J connectivity index is 0.00000148. The monoisotopic (exact) mass is 478 g/mol. The Morgan fingerprint density at radius 1 is 0.972 bits per heavy atom. The molecule has 0 spiro atoms. The highest BCUT2D eigenvalue weighted by Crippen LogP contribution is 2.33. The van der Waals surface area contributed by atoms with E-state index in [-0.39, 0.29) is 11.9 Å². The molecule has 0 aliphatic carbocycles. The van der Waals surface area contributed by atoms with Crippen LogP contribution < -0.4 is 10.6 Å². The lowest BCUT2D eigenvalue weighted by molar-refractivity contribution is 0.0958. The molecule has 2 radical (unpaired) electrons. The zero-order chi connectivity index (χ0) is 26.1. The maximum atomic E-state index is 12.1. The molecule has 4 aromatic rings. The Kier molecular flexibility index (Phi) is 6.97. The molecule has 36 heavy (non-hydrogen) atoms. The summed E-state index contributed by atoms with van der Waals surface area (Å²) in [6.45, 7) is 14.0. The van der Waals surface area contributed by atoms with Crippen LogP contribution in [0.2, 0.25) is 0 Å². The minimum Gasteiger partial charge on any atom is -0.345 e. The lowest BCUT2D eigenvalue weighted by Gasteiger charge is -2.12. The van der Waals surface area contributed by atoms with Gasteiger partial charge in [0.1, 0.15) is 0 Å². The molecule has 1 aliphatic heterocycles. The number of carbonyl (C=O) groups is 1. The van der Waals surface area contributed by atoms with Gasteiger partial charge in [-0.2, -0.15) is 10.1 Å². The van der Waals surface area contributed by atoms with Crippen molar-refractivity contribution >= 4 is 25.5 Å². The molecule has 0 bridgehead atoms. The van der Waals surface area contributed by atoms with E-state index < -0.39 is 0 Å². The van der Waals surface area contributed by atoms with Gasteiger partial charge in [0.15, 0.2) is 5.82 Å². The molecule has 8 heteroatoms. The average molecular weight is 478 g/mol. The number of nitrogens with one attached hydrogen (secondary N) is 2. The van der Waals surface area contributed by atoms with Crippen molar-refractivity contribution in [1.29, 1.82) is 0 Å². The first-order valence-electron chi connectivity index (χ1n) is 12.2. The molecule has 182 valence electrons. The quantitative estimate of drug-likeness (QED) is 0.365. The second-order valence-electron chi connectivity index (χ2n) is 8.95. The number of pyridine rings is 1. The lowest BCUT2D eigenvalue weighted by atomic mass is 9.96. The van der Waals surface area contributed by atoms with E-state index in [1.165, 1.54) is 4.59 Å². The number of carbonyl (C=O) groups excluding carboxylic acids is 1. The smallest absolute Gasteiger partial charge is 0.269 e. The molecular weight excluding hydrogens is 447 g/mol. The second-order valence-corrected chi connectivity index (χ2v) is 8.95. The third-order valence-corrected chi connectivity index (χ3v) is 6.33. The van der Waals surface area contributed by atoms with Crippen LogP contribution in [-0.4, -0.2) is 33.5 Å². The molecule has 0 fully saturated rings. The van der Waals surface area contributed by atoms with Crippen molar-refractivity contribution in [3.05, 3.63) is 76.1 Å². The zero-order valence-electron chi connectivity index (χ0n) is 21.9. The lowest BCUT2D eigenvalue weighted by Crippen LogP contribution is -2.16. The minimum absolute atomic E-state index is 0.0383.